The van der Waals surface area contributed by atoms with Crippen LogP contribution in [0, 0.1) is 12.8 Å². The van der Waals surface area contributed by atoms with Crippen LogP contribution in [0.15, 0.2) is 30.3 Å². The van der Waals surface area contributed by atoms with E-state index in [1.54, 1.807) is 0 Å². The number of hydrogen-bond donors (Lipinski definition) is 0. The van der Waals surface area contributed by atoms with Crippen LogP contribution in [0.2, 0.25) is 0 Å². The molecule has 1 atom stereocenters. The average Bonchev–Trinajstić information content (AvgIpc) is 3.10. The van der Waals surface area contributed by atoms with Gasteiger partial charge in [-0.05, 0) is 78.3 Å². The van der Waals surface area contributed by atoms with E-state index in [0.717, 1.165) is 10.9 Å². The topological polar surface area (TPSA) is 46.8 Å². The van der Waals surface area contributed by atoms with Crippen molar-refractivity contribution in [2.45, 2.75) is 44.7 Å². The lowest BCUT2D eigenvalue weighted by atomic mass is 9.88. The SMILES string of the molecule is Cc1cc2c(cc1C(F)(F)F)N(c1nnn(C)n1)CC[C@H](Cc1cc(C(F)(F)F)cc(C(F)(F)F)c1)C2. The van der Waals surface area contributed by atoms with Crippen molar-refractivity contribution in [3.8, 4) is 0 Å². The summed E-state index contributed by atoms with van der Waals surface area (Å²) in [6.07, 6.45) is -14.4. The van der Waals surface area contributed by atoms with Gasteiger partial charge in [-0.25, -0.2) is 0 Å². The molecule has 0 spiro atoms. The summed E-state index contributed by atoms with van der Waals surface area (Å²) in [6, 6.07) is 3.74. The predicted octanol–water partition coefficient (Wildman–Crippen LogP) is 6.52. The first-order valence-electron chi connectivity index (χ1n) is 11.0. The van der Waals surface area contributed by atoms with Gasteiger partial charge in [0.25, 0.3) is 5.95 Å². The van der Waals surface area contributed by atoms with Gasteiger partial charge in [0.15, 0.2) is 0 Å². The molecule has 0 saturated carbocycles. The number of hydrogen-bond acceptors (Lipinski definition) is 4. The van der Waals surface area contributed by atoms with Gasteiger partial charge in [-0.1, -0.05) is 11.2 Å². The second kappa shape index (κ2) is 9.21. The molecule has 5 nitrogen and oxygen atoms in total. The Morgan fingerprint density at radius 1 is 0.865 bits per heavy atom. The van der Waals surface area contributed by atoms with Crippen molar-refractivity contribution in [1.82, 2.24) is 20.2 Å². The molecule has 0 saturated heterocycles. The monoisotopic (exact) mass is 537 g/mol. The third kappa shape index (κ3) is 5.82. The van der Waals surface area contributed by atoms with Crippen LogP contribution in [0.4, 0.5) is 51.1 Å². The van der Waals surface area contributed by atoms with Crippen LogP contribution in [0.5, 0.6) is 0 Å². The minimum atomic E-state index is -4.98. The Balaban J connectivity index is 1.75. The van der Waals surface area contributed by atoms with E-state index < -0.39 is 41.1 Å². The molecule has 1 aliphatic rings. The van der Waals surface area contributed by atoms with E-state index in [4.69, 9.17) is 0 Å². The van der Waals surface area contributed by atoms with Gasteiger partial charge in [0.1, 0.15) is 0 Å². The third-order valence-electron chi connectivity index (χ3n) is 6.20. The Bertz CT molecular complexity index is 1260. The Morgan fingerprint density at radius 2 is 1.49 bits per heavy atom. The van der Waals surface area contributed by atoms with Gasteiger partial charge >= 0.3 is 18.5 Å². The number of benzene rings is 2. The highest BCUT2D eigenvalue weighted by molar-refractivity contribution is 5.65. The van der Waals surface area contributed by atoms with Crippen molar-refractivity contribution in [3.05, 3.63) is 63.7 Å². The third-order valence-corrected chi connectivity index (χ3v) is 6.20. The lowest BCUT2D eigenvalue weighted by Crippen LogP contribution is -2.22. The Kier molecular flexibility index (Phi) is 6.65. The maximum Gasteiger partial charge on any atom is 0.416 e. The molecule has 0 amide bonds. The summed E-state index contributed by atoms with van der Waals surface area (Å²) >= 11 is 0. The fourth-order valence-electron chi connectivity index (χ4n) is 4.56. The summed E-state index contributed by atoms with van der Waals surface area (Å²) in [5, 5.41) is 11.7. The minimum Gasteiger partial charge on any atom is -0.308 e. The number of nitrogens with zero attached hydrogens (tertiary/aromatic N) is 5. The predicted molar refractivity (Wildman–Crippen MR) is 114 cm³/mol. The molecule has 0 bridgehead atoms. The molecular weight excluding hydrogens is 517 g/mol. The number of aryl methyl sites for hydroxylation is 2. The normalized spacial score (nSPS) is 17.1. The minimum absolute atomic E-state index is 0.0276. The highest BCUT2D eigenvalue weighted by atomic mass is 19.4. The zero-order chi connectivity index (χ0) is 27.3. The van der Waals surface area contributed by atoms with Crippen LogP contribution in [0.25, 0.3) is 0 Å². The van der Waals surface area contributed by atoms with Gasteiger partial charge in [-0.3, -0.25) is 0 Å². The van der Waals surface area contributed by atoms with Crippen molar-refractivity contribution in [2.75, 3.05) is 11.4 Å². The molecule has 1 aromatic heterocycles. The van der Waals surface area contributed by atoms with Crippen molar-refractivity contribution >= 4 is 11.6 Å². The molecule has 0 fully saturated rings. The molecule has 2 aromatic carbocycles. The van der Waals surface area contributed by atoms with Crippen molar-refractivity contribution < 1.29 is 39.5 Å². The maximum atomic E-state index is 13.6. The van der Waals surface area contributed by atoms with Gasteiger partial charge in [-0.15, -0.1) is 5.10 Å². The Hall–Kier alpha value is -3.32. The van der Waals surface area contributed by atoms with Crippen molar-refractivity contribution in [2.24, 2.45) is 13.0 Å². The van der Waals surface area contributed by atoms with E-state index in [1.165, 1.54) is 24.9 Å². The molecule has 0 radical (unpaired) electrons. The fourth-order valence-corrected chi connectivity index (χ4v) is 4.56. The number of rotatable bonds is 3. The highest BCUT2D eigenvalue weighted by Crippen LogP contribution is 2.41. The molecule has 2 heterocycles. The summed E-state index contributed by atoms with van der Waals surface area (Å²) in [6.45, 7) is 1.37. The molecule has 0 aliphatic carbocycles. The zero-order valence-corrected chi connectivity index (χ0v) is 19.4. The van der Waals surface area contributed by atoms with E-state index in [2.05, 4.69) is 15.4 Å². The first kappa shape index (κ1) is 26.7. The van der Waals surface area contributed by atoms with Gasteiger partial charge in [0, 0.05) is 12.2 Å². The number of anilines is 2. The average molecular weight is 537 g/mol. The quantitative estimate of drug-likeness (QED) is 0.357. The van der Waals surface area contributed by atoms with E-state index in [-0.39, 0.29) is 54.6 Å². The van der Waals surface area contributed by atoms with Crippen LogP contribution < -0.4 is 4.90 Å². The molecule has 0 unspecified atom stereocenters. The fraction of sp³-hybridized carbons (Fsp3) is 0.435. The number of alkyl halides is 9. The second-order valence-electron chi connectivity index (χ2n) is 9.00. The standard InChI is InChI=1S/C23H20F9N5/c1-12-5-15-7-13(6-14-8-16(21(24,25)26)10-17(9-14)22(27,28)29)3-4-37(20-33-35-36(2)34-20)19(15)11-18(12)23(30,31)32/h5,8-11,13H,3-4,6-7H2,1-2H3/t13-/m1/s1. The second-order valence-corrected chi connectivity index (χ2v) is 9.00. The van der Waals surface area contributed by atoms with Gasteiger partial charge < -0.3 is 4.90 Å². The Labute approximate surface area is 204 Å². The molecule has 0 N–H and O–H groups in total. The van der Waals surface area contributed by atoms with Gasteiger partial charge in [-0.2, -0.15) is 44.3 Å². The van der Waals surface area contributed by atoms with Crippen LogP contribution >= 0.6 is 0 Å². The molecule has 3 aromatic rings. The summed E-state index contributed by atoms with van der Waals surface area (Å²) in [5.41, 5.74) is -3.31. The van der Waals surface area contributed by atoms with Crippen molar-refractivity contribution in [3.63, 3.8) is 0 Å². The zero-order valence-electron chi connectivity index (χ0n) is 19.4. The van der Waals surface area contributed by atoms with E-state index in [1.807, 2.05) is 0 Å². The molecular formula is C23H20F9N5. The molecule has 37 heavy (non-hydrogen) atoms. The summed E-state index contributed by atoms with van der Waals surface area (Å²) in [4.78, 5) is 2.56. The summed E-state index contributed by atoms with van der Waals surface area (Å²) < 4.78 is 121. The van der Waals surface area contributed by atoms with E-state index >= 15 is 0 Å². The largest absolute Gasteiger partial charge is 0.416 e. The van der Waals surface area contributed by atoms with Crippen LogP contribution in [0.3, 0.4) is 0 Å². The van der Waals surface area contributed by atoms with Gasteiger partial charge in [0.2, 0.25) is 0 Å². The maximum absolute atomic E-state index is 13.6. The van der Waals surface area contributed by atoms with Crippen LogP contribution in [-0.2, 0) is 38.4 Å². The molecule has 200 valence electrons. The molecule has 1 aliphatic heterocycles. The van der Waals surface area contributed by atoms with E-state index in [9.17, 15) is 39.5 Å². The lowest BCUT2D eigenvalue weighted by Gasteiger charge is -2.23. The van der Waals surface area contributed by atoms with Crippen molar-refractivity contribution in [1.29, 1.82) is 0 Å². The first-order valence-corrected chi connectivity index (χ1v) is 11.0. The number of tetrazole rings is 1. The molecule has 4 rings (SSSR count). The number of fused-ring (bicyclic) bond motifs is 1. The van der Waals surface area contributed by atoms with E-state index in [0.29, 0.717) is 17.7 Å². The lowest BCUT2D eigenvalue weighted by molar-refractivity contribution is -0.143. The number of halogens is 9. The summed E-state index contributed by atoms with van der Waals surface area (Å²) in [7, 11) is 1.47. The highest BCUT2D eigenvalue weighted by Gasteiger charge is 2.38. The first-order chi connectivity index (χ1) is 17.0. The van der Waals surface area contributed by atoms with Crippen LogP contribution in [0.1, 0.15) is 39.8 Å². The van der Waals surface area contributed by atoms with Gasteiger partial charge in [0.05, 0.1) is 23.7 Å². The van der Waals surface area contributed by atoms with Crippen LogP contribution in [-0.4, -0.2) is 26.8 Å². The smallest absolute Gasteiger partial charge is 0.308 e. The summed E-state index contributed by atoms with van der Waals surface area (Å²) in [5.74, 6) is -0.444. The Morgan fingerprint density at radius 3 is 2.00 bits per heavy atom. The number of aromatic nitrogens is 4. The molecule has 14 heteroatoms.